The Morgan fingerprint density at radius 3 is 2.75 bits per heavy atom. The smallest absolute Gasteiger partial charge is 0.302 e. The molecule has 1 aromatic carbocycles. The molecule has 0 bridgehead atoms. The standard InChI is InChI=1S/C13H16FNO4S/c1-9-2-3-10(7-16)4-12(9)15-6-11(5-13(15)17)8-20(14,18)19/h2-4,11,16H,5-8H2,1H3. The van der Waals surface area contributed by atoms with Crippen LogP contribution in [0.3, 0.4) is 0 Å². The van der Waals surface area contributed by atoms with Gasteiger partial charge in [0, 0.05) is 24.6 Å². The highest BCUT2D eigenvalue weighted by molar-refractivity contribution is 7.86. The maximum absolute atomic E-state index is 12.7. The molecule has 1 aromatic rings. The summed E-state index contributed by atoms with van der Waals surface area (Å²) >= 11 is 0. The van der Waals surface area contributed by atoms with E-state index in [2.05, 4.69) is 0 Å². The molecular formula is C13H16FNO4S. The third-order valence-corrected chi connectivity index (χ3v) is 4.26. The Morgan fingerprint density at radius 2 is 2.15 bits per heavy atom. The summed E-state index contributed by atoms with van der Waals surface area (Å²) in [5.74, 6) is -1.39. The number of hydrogen-bond donors (Lipinski definition) is 1. The molecule has 0 aromatic heterocycles. The molecule has 1 saturated heterocycles. The van der Waals surface area contributed by atoms with Gasteiger partial charge in [0.15, 0.2) is 0 Å². The van der Waals surface area contributed by atoms with E-state index >= 15 is 0 Å². The zero-order chi connectivity index (χ0) is 14.9. The first kappa shape index (κ1) is 14.9. The summed E-state index contributed by atoms with van der Waals surface area (Å²) in [6.45, 7) is 1.86. The number of rotatable bonds is 4. The molecule has 7 heteroatoms. The fourth-order valence-electron chi connectivity index (χ4n) is 2.45. The van der Waals surface area contributed by atoms with Gasteiger partial charge in [0.05, 0.1) is 12.4 Å². The van der Waals surface area contributed by atoms with Crippen LogP contribution in [-0.2, 0) is 21.6 Å². The van der Waals surface area contributed by atoms with E-state index in [0.29, 0.717) is 11.3 Å². The van der Waals surface area contributed by atoms with Gasteiger partial charge in [0.2, 0.25) is 5.91 Å². The van der Waals surface area contributed by atoms with Crippen molar-refractivity contribution in [3.05, 3.63) is 29.3 Å². The number of aliphatic hydroxyl groups excluding tert-OH is 1. The fraction of sp³-hybridized carbons (Fsp3) is 0.462. The number of carbonyl (C=O) groups is 1. The Bertz CT molecular complexity index is 629. The lowest BCUT2D eigenvalue weighted by atomic mass is 10.1. The van der Waals surface area contributed by atoms with Crippen LogP contribution in [0.15, 0.2) is 18.2 Å². The average molecular weight is 301 g/mol. The van der Waals surface area contributed by atoms with Crippen molar-refractivity contribution in [2.75, 3.05) is 17.2 Å². The van der Waals surface area contributed by atoms with Crippen LogP contribution in [0, 0.1) is 12.8 Å². The minimum absolute atomic E-state index is 0.0198. The molecular weight excluding hydrogens is 285 g/mol. The second-order valence-corrected chi connectivity index (χ2v) is 6.47. The minimum Gasteiger partial charge on any atom is -0.392 e. The SMILES string of the molecule is Cc1ccc(CO)cc1N1CC(CS(=O)(=O)F)CC1=O. The molecule has 0 aliphatic carbocycles. The molecule has 110 valence electrons. The van der Waals surface area contributed by atoms with Crippen molar-refractivity contribution < 1.29 is 22.2 Å². The quantitative estimate of drug-likeness (QED) is 0.846. The largest absolute Gasteiger partial charge is 0.392 e. The van der Waals surface area contributed by atoms with Crippen LogP contribution in [0.25, 0.3) is 0 Å². The molecule has 1 N–H and O–H groups in total. The van der Waals surface area contributed by atoms with Crippen LogP contribution in [0.4, 0.5) is 9.57 Å². The molecule has 1 aliphatic heterocycles. The molecule has 5 nitrogen and oxygen atoms in total. The number of aryl methyl sites for hydroxylation is 1. The summed E-state index contributed by atoms with van der Waals surface area (Å²) in [4.78, 5) is 13.4. The minimum atomic E-state index is -4.58. The highest BCUT2D eigenvalue weighted by Crippen LogP contribution is 2.29. The van der Waals surface area contributed by atoms with Gasteiger partial charge in [-0.3, -0.25) is 4.79 Å². The van der Waals surface area contributed by atoms with E-state index < -0.39 is 21.9 Å². The zero-order valence-corrected chi connectivity index (χ0v) is 11.9. The number of benzene rings is 1. The van der Waals surface area contributed by atoms with E-state index in [1.54, 1.807) is 18.2 Å². The average Bonchev–Trinajstić information content (AvgIpc) is 2.68. The van der Waals surface area contributed by atoms with Gasteiger partial charge < -0.3 is 10.0 Å². The molecule has 1 heterocycles. The maximum Gasteiger partial charge on any atom is 0.302 e. The molecule has 1 aliphatic rings. The lowest BCUT2D eigenvalue weighted by molar-refractivity contribution is -0.117. The molecule has 1 fully saturated rings. The van der Waals surface area contributed by atoms with Gasteiger partial charge in [-0.1, -0.05) is 12.1 Å². The van der Waals surface area contributed by atoms with Crippen LogP contribution in [0.1, 0.15) is 17.5 Å². The Hall–Kier alpha value is -1.47. The second-order valence-electron chi connectivity index (χ2n) is 5.06. The van der Waals surface area contributed by atoms with Gasteiger partial charge in [0.1, 0.15) is 0 Å². The molecule has 0 spiro atoms. The molecule has 1 amide bonds. The summed E-state index contributed by atoms with van der Waals surface area (Å²) in [5.41, 5.74) is 2.15. The number of aliphatic hydroxyl groups is 1. The Balaban J connectivity index is 2.24. The molecule has 1 unspecified atom stereocenters. The van der Waals surface area contributed by atoms with Gasteiger partial charge in [-0.05, 0) is 24.1 Å². The van der Waals surface area contributed by atoms with Crippen molar-refractivity contribution in [2.45, 2.75) is 20.0 Å². The predicted molar refractivity (Wildman–Crippen MR) is 72.5 cm³/mol. The number of halogens is 1. The summed E-state index contributed by atoms with van der Waals surface area (Å²) in [6, 6.07) is 5.23. The van der Waals surface area contributed by atoms with Crippen molar-refractivity contribution in [3.63, 3.8) is 0 Å². The Morgan fingerprint density at radius 1 is 1.45 bits per heavy atom. The van der Waals surface area contributed by atoms with Gasteiger partial charge in [-0.15, -0.1) is 3.89 Å². The number of hydrogen-bond acceptors (Lipinski definition) is 4. The van der Waals surface area contributed by atoms with Gasteiger partial charge >= 0.3 is 10.2 Å². The highest BCUT2D eigenvalue weighted by atomic mass is 32.3. The Labute approximate surface area is 117 Å². The number of nitrogens with zero attached hydrogens (tertiary/aromatic N) is 1. The van der Waals surface area contributed by atoms with E-state index in [4.69, 9.17) is 5.11 Å². The maximum atomic E-state index is 12.7. The van der Waals surface area contributed by atoms with Gasteiger partial charge in [-0.2, -0.15) is 8.42 Å². The third-order valence-electron chi connectivity index (χ3n) is 3.39. The van der Waals surface area contributed by atoms with Gasteiger partial charge in [-0.25, -0.2) is 0 Å². The Kier molecular flexibility index (Phi) is 4.10. The summed E-state index contributed by atoms with van der Waals surface area (Å²) in [7, 11) is -4.58. The van der Waals surface area contributed by atoms with Crippen molar-refractivity contribution in [2.24, 2.45) is 5.92 Å². The van der Waals surface area contributed by atoms with Crippen LogP contribution in [-0.4, -0.2) is 31.7 Å². The molecule has 20 heavy (non-hydrogen) atoms. The summed E-state index contributed by atoms with van der Waals surface area (Å²) < 4.78 is 34.1. The molecule has 0 radical (unpaired) electrons. The van der Waals surface area contributed by atoms with Gasteiger partial charge in [0.25, 0.3) is 0 Å². The highest BCUT2D eigenvalue weighted by Gasteiger charge is 2.34. The first-order valence-corrected chi connectivity index (χ1v) is 7.78. The number of amides is 1. The van der Waals surface area contributed by atoms with Crippen molar-refractivity contribution in [3.8, 4) is 0 Å². The first-order valence-electron chi connectivity index (χ1n) is 6.23. The van der Waals surface area contributed by atoms with Crippen LogP contribution < -0.4 is 4.90 Å². The van der Waals surface area contributed by atoms with E-state index in [-0.39, 0.29) is 25.5 Å². The fourth-order valence-corrected chi connectivity index (χ4v) is 3.24. The van der Waals surface area contributed by atoms with E-state index in [0.717, 1.165) is 5.56 Å². The van der Waals surface area contributed by atoms with Crippen molar-refractivity contribution in [1.29, 1.82) is 0 Å². The normalized spacial score (nSPS) is 19.6. The summed E-state index contributed by atoms with van der Waals surface area (Å²) in [6.07, 6.45) is 0.0198. The van der Waals surface area contributed by atoms with Crippen LogP contribution >= 0.6 is 0 Å². The second kappa shape index (κ2) is 5.49. The van der Waals surface area contributed by atoms with Crippen LogP contribution in [0.2, 0.25) is 0 Å². The van der Waals surface area contributed by atoms with Crippen molar-refractivity contribution >= 4 is 21.8 Å². The molecule has 1 atom stereocenters. The molecule has 0 saturated carbocycles. The number of carbonyl (C=O) groups excluding carboxylic acids is 1. The van der Waals surface area contributed by atoms with Crippen molar-refractivity contribution in [1.82, 2.24) is 0 Å². The number of anilines is 1. The lowest BCUT2D eigenvalue weighted by Gasteiger charge is -2.19. The van der Waals surface area contributed by atoms with E-state index in [1.165, 1.54) is 4.90 Å². The summed E-state index contributed by atoms with van der Waals surface area (Å²) in [5, 5.41) is 9.13. The van der Waals surface area contributed by atoms with Crippen LogP contribution in [0.5, 0.6) is 0 Å². The molecule has 2 rings (SSSR count). The zero-order valence-electron chi connectivity index (χ0n) is 11.0. The third kappa shape index (κ3) is 3.34. The monoisotopic (exact) mass is 301 g/mol. The lowest BCUT2D eigenvalue weighted by Crippen LogP contribution is -2.26. The van der Waals surface area contributed by atoms with E-state index in [1.807, 2.05) is 6.92 Å². The first-order chi connectivity index (χ1) is 9.30. The predicted octanol–water partition coefficient (Wildman–Crippen LogP) is 1.14. The topological polar surface area (TPSA) is 74.7 Å². The van der Waals surface area contributed by atoms with E-state index in [9.17, 15) is 17.1 Å².